The van der Waals surface area contributed by atoms with Crippen molar-refractivity contribution in [3.63, 3.8) is 0 Å². The van der Waals surface area contributed by atoms with Gasteiger partial charge in [0, 0.05) is 13.2 Å². The van der Waals surface area contributed by atoms with Crippen molar-refractivity contribution >= 4 is 0 Å². The van der Waals surface area contributed by atoms with Gasteiger partial charge in [-0.2, -0.15) is 0 Å². The van der Waals surface area contributed by atoms with E-state index in [1.54, 1.807) is 0 Å². The molecule has 0 amide bonds. The number of piperidine rings is 1. The number of hydrogen-bond donors (Lipinski definition) is 1. The van der Waals surface area contributed by atoms with E-state index in [1.807, 2.05) is 13.0 Å². The molecule has 1 saturated heterocycles. The maximum absolute atomic E-state index is 5.80. The van der Waals surface area contributed by atoms with Crippen LogP contribution in [0.4, 0.5) is 0 Å². The fourth-order valence-electron chi connectivity index (χ4n) is 3.61. The van der Waals surface area contributed by atoms with Crippen LogP contribution in [0.2, 0.25) is 0 Å². The Bertz CT molecular complexity index is 457. The topological polar surface area (TPSA) is 30.5 Å². The summed E-state index contributed by atoms with van der Waals surface area (Å²) < 4.78 is 11.5. The zero-order valence-corrected chi connectivity index (χ0v) is 16.7. The highest BCUT2D eigenvalue weighted by Crippen LogP contribution is 2.20. The van der Waals surface area contributed by atoms with Gasteiger partial charge in [0.15, 0.2) is 0 Å². The van der Waals surface area contributed by atoms with Crippen LogP contribution in [0.15, 0.2) is 24.3 Å². The summed E-state index contributed by atoms with van der Waals surface area (Å²) in [6.07, 6.45) is 13.7. The normalized spacial score (nSPS) is 15.3. The Kier molecular flexibility index (Phi) is 11.5. The van der Waals surface area contributed by atoms with Crippen LogP contribution in [-0.4, -0.2) is 32.9 Å². The van der Waals surface area contributed by atoms with Crippen molar-refractivity contribution in [1.82, 2.24) is 5.32 Å². The van der Waals surface area contributed by atoms with Gasteiger partial charge in [-0.05, 0) is 76.1 Å². The molecule has 1 aliphatic rings. The van der Waals surface area contributed by atoms with Gasteiger partial charge in [-0.1, -0.05) is 43.9 Å². The number of para-hydroxylation sites is 1. The van der Waals surface area contributed by atoms with Crippen LogP contribution in [-0.2, 0) is 11.2 Å². The minimum atomic E-state index is 0.737. The second-order valence-electron chi connectivity index (χ2n) is 7.30. The fraction of sp³-hybridized carbons (Fsp3) is 0.696. The zero-order valence-electron chi connectivity index (χ0n) is 16.7. The van der Waals surface area contributed by atoms with Crippen LogP contribution >= 0.6 is 0 Å². The van der Waals surface area contributed by atoms with E-state index in [2.05, 4.69) is 29.9 Å². The highest BCUT2D eigenvalue weighted by atomic mass is 16.5. The average molecular weight is 361 g/mol. The third-order valence-corrected chi connectivity index (χ3v) is 5.16. The molecule has 147 valence electrons. The molecule has 26 heavy (non-hydrogen) atoms. The van der Waals surface area contributed by atoms with E-state index in [-0.39, 0.29) is 0 Å². The average Bonchev–Trinajstić information content (AvgIpc) is 2.68. The van der Waals surface area contributed by atoms with Crippen molar-refractivity contribution in [1.29, 1.82) is 0 Å². The maximum Gasteiger partial charge on any atom is 0.122 e. The molecule has 0 aromatic heterocycles. The van der Waals surface area contributed by atoms with Crippen molar-refractivity contribution in [2.45, 2.75) is 64.7 Å². The molecule has 1 aromatic carbocycles. The number of nitrogens with one attached hydrogen (secondary N) is 1. The minimum Gasteiger partial charge on any atom is -0.494 e. The Morgan fingerprint density at radius 2 is 1.81 bits per heavy atom. The smallest absolute Gasteiger partial charge is 0.122 e. The number of unbranched alkanes of at least 4 members (excludes halogenated alkanes) is 4. The first-order valence-corrected chi connectivity index (χ1v) is 10.7. The van der Waals surface area contributed by atoms with Crippen LogP contribution in [0, 0.1) is 12.3 Å². The summed E-state index contributed by atoms with van der Waals surface area (Å²) in [5, 5.41) is 3.39. The SMILES string of the molecule is CCOc1ccccc1CCCCCOCCCCCC1[CH]CNCC1. The van der Waals surface area contributed by atoms with Gasteiger partial charge in [-0.15, -0.1) is 0 Å². The van der Waals surface area contributed by atoms with Crippen molar-refractivity contribution in [3.8, 4) is 5.75 Å². The number of aryl methyl sites for hydroxylation is 1. The van der Waals surface area contributed by atoms with Gasteiger partial charge < -0.3 is 14.8 Å². The molecule has 0 saturated carbocycles. The Hall–Kier alpha value is -1.06. The van der Waals surface area contributed by atoms with E-state index in [9.17, 15) is 0 Å². The van der Waals surface area contributed by atoms with Gasteiger partial charge in [0.2, 0.25) is 0 Å². The van der Waals surface area contributed by atoms with Crippen LogP contribution in [0.25, 0.3) is 0 Å². The molecule has 1 fully saturated rings. The lowest BCUT2D eigenvalue weighted by atomic mass is 9.92. The maximum atomic E-state index is 5.80. The zero-order chi connectivity index (χ0) is 18.3. The van der Waals surface area contributed by atoms with E-state index in [0.29, 0.717) is 0 Å². The summed E-state index contributed by atoms with van der Waals surface area (Å²) in [7, 11) is 0. The van der Waals surface area contributed by atoms with Crippen molar-refractivity contribution < 1.29 is 9.47 Å². The van der Waals surface area contributed by atoms with E-state index in [4.69, 9.17) is 9.47 Å². The number of hydrogen-bond acceptors (Lipinski definition) is 3. The largest absolute Gasteiger partial charge is 0.494 e. The summed E-state index contributed by atoms with van der Waals surface area (Å²) >= 11 is 0. The molecule has 1 aliphatic heterocycles. The van der Waals surface area contributed by atoms with Crippen molar-refractivity contribution in [2.75, 3.05) is 32.9 Å². The monoisotopic (exact) mass is 360 g/mol. The first-order chi connectivity index (χ1) is 12.9. The summed E-state index contributed by atoms with van der Waals surface area (Å²) in [5.41, 5.74) is 1.33. The van der Waals surface area contributed by atoms with Crippen LogP contribution in [0.5, 0.6) is 5.75 Å². The Labute approximate surface area is 160 Å². The molecule has 1 unspecified atom stereocenters. The molecule has 2 rings (SSSR count). The van der Waals surface area contributed by atoms with Crippen LogP contribution in [0.3, 0.4) is 0 Å². The first kappa shape index (κ1) is 21.2. The van der Waals surface area contributed by atoms with E-state index in [1.165, 1.54) is 63.5 Å². The third-order valence-electron chi connectivity index (χ3n) is 5.16. The van der Waals surface area contributed by atoms with E-state index < -0.39 is 0 Å². The number of benzene rings is 1. The Morgan fingerprint density at radius 3 is 2.58 bits per heavy atom. The minimum absolute atomic E-state index is 0.737. The van der Waals surface area contributed by atoms with E-state index >= 15 is 0 Å². The summed E-state index contributed by atoms with van der Waals surface area (Å²) in [6, 6.07) is 8.41. The van der Waals surface area contributed by atoms with Crippen LogP contribution < -0.4 is 10.1 Å². The molecule has 1 radical (unpaired) electrons. The highest BCUT2D eigenvalue weighted by molar-refractivity contribution is 5.33. The summed E-state index contributed by atoms with van der Waals surface area (Å²) in [5.74, 6) is 1.90. The second-order valence-corrected chi connectivity index (χ2v) is 7.30. The predicted molar refractivity (Wildman–Crippen MR) is 110 cm³/mol. The van der Waals surface area contributed by atoms with E-state index in [0.717, 1.165) is 44.5 Å². The molecule has 1 N–H and O–H groups in total. The molecule has 0 spiro atoms. The van der Waals surface area contributed by atoms with Gasteiger partial charge in [-0.3, -0.25) is 0 Å². The molecule has 3 heteroatoms. The standard InChI is InChI=1S/C23H38NO2/c1-2-26-23-14-8-7-13-22(23)12-6-4-10-20-25-19-9-3-5-11-21-15-17-24-18-16-21/h7-8,13-15,21,24H,2-6,9-12,16-20H2,1H3. The van der Waals surface area contributed by atoms with Crippen molar-refractivity contribution in [2.24, 2.45) is 5.92 Å². The Balaban J connectivity index is 1.38. The van der Waals surface area contributed by atoms with Gasteiger partial charge in [-0.25, -0.2) is 0 Å². The summed E-state index contributed by atoms with van der Waals surface area (Å²) in [6.45, 7) is 6.92. The molecule has 3 nitrogen and oxygen atoms in total. The van der Waals surface area contributed by atoms with Gasteiger partial charge in [0.1, 0.15) is 5.75 Å². The first-order valence-electron chi connectivity index (χ1n) is 10.7. The lowest BCUT2D eigenvalue weighted by Crippen LogP contribution is -2.28. The van der Waals surface area contributed by atoms with Gasteiger partial charge in [0.25, 0.3) is 0 Å². The van der Waals surface area contributed by atoms with Crippen molar-refractivity contribution in [3.05, 3.63) is 36.2 Å². The molecular formula is C23H38NO2. The summed E-state index contributed by atoms with van der Waals surface area (Å²) in [4.78, 5) is 0. The molecule has 1 aromatic rings. The van der Waals surface area contributed by atoms with Gasteiger partial charge >= 0.3 is 0 Å². The lowest BCUT2D eigenvalue weighted by Gasteiger charge is -2.21. The number of ether oxygens (including phenoxy) is 2. The molecular weight excluding hydrogens is 322 g/mol. The van der Waals surface area contributed by atoms with Gasteiger partial charge in [0.05, 0.1) is 6.61 Å². The molecule has 0 aliphatic carbocycles. The van der Waals surface area contributed by atoms with Crippen LogP contribution in [0.1, 0.15) is 63.9 Å². The second kappa shape index (κ2) is 14.1. The quantitative estimate of drug-likeness (QED) is 0.463. The number of rotatable bonds is 14. The third kappa shape index (κ3) is 9.05. The molecule has 1 heterocycles. The Morgan fingerprint density at radius 1 is 1.00 bits per heavy atom. The molecule has 0 bridgehead atoms. The fourth-order valence-corrected chi connectivity index (χ4v) is 3.61. The lowest BCUT2D eigenvalue weighted by molar-refractivity contribution is 0.125. The molecule has 1 atom stereocenters. The predicted octanol–water partition coefficient (Wildman–Crippen LogP) is 5.19. The highest BCUT2D eigenvalue weighted by Gasteiger charge is 2.12.